The van der Waals surface area contributed by atoms with E-state index in [1.165, 1.54) is 13.1 Å². The van der Waals surface area contributed by atoms with Crippen molar-refractivity contribution in [3.05, 3.63) is 32.6 Å². The van der Waals surface area contributed by atoms with Crippen LogP contribution in [0.25, 0.3) is 0 Å². The van der Waals surface area contributed by atoms with Crippen molar-refractivity contribution in [2.24, 2.45) is 0 Å². The van der Waals surface area contributed by atoms with Gasteiger partial charge in [0.15, 0.2) is 0 Å². The second kappa shape index (κ2) is 8.03. The van der Waals surface area contributed by atoms with Gasteiger partial charge in [-0.3, -0.25) is 14.3 Å². The molecule has 0 aliphatic carbocycles. The number of aryl methyl sites for hydroxylation is 1. The fourth-order valence-corrected chi connectivity index (χ4v) is 3.59. The number of aromatic amines is 1. The Morgan fingerprint density at radius 3 is 2.56 bits per heavy atom. The largest absolute Gasteiger partial charge is 0.508 e. The summed E-state index contributed by atoms with van der Waals surface area (Å²) < 4.78 is 35.1. The van der Waals surface area contributed by atoms with Crippen LogP contribution in [0, 0.1) is 6.92 Å². The van der Waals surface area contributed by atoms with Gasteiger partial charge < -0.3 is 29.6 Å². The van der Waals surface area contributed by atoms with Gasteiger partial charge in [-0.1, -0.05) is 0 Å². The summed E-state index contributed by atoms with van der Waals surface area (Å²) in [5.41, 5.74) is -1.29. The number of aromatic nitrogens is 2. The van der Waals surface area contributed by atoms with E-state index in [1.807, 2.05) is 4.98 Å². The lowest BCUT2D eigenvalue weighted by Gasteiger charge is -2.21. The number of nitrogens with one attached hydrogen (secondary N) is 1. The molecule has 0 spiro atoms. The number of hydrogen-bond donors (Lipinski definition) is 6. The van der Waals surface area contributed by atoms with Crippen LogP contribution in [0.2, 0.25) is 0 Å². The highest BCUT2D eigenvalue weighted by Gasteiger charge is 2.43. The third-order valence-electron chi connectivity index (χ3n) is 3.32. The zero-order valence-corrected chi connectivity index (χ0v) is 15.2. The molecular formula is C10H16N2O13P2. The van der Waals surface area contributed by atoms with Gasteiger partial charge in [-0.15, -0.1) is 4.67 Å². The summed E-state index contributed by atoms with van der Waals surface area (Å²) in [6, 6.07) is 0. The molecule has 0 saturated carbocycles. The van der Waals surface area contributed by atoms with Crippen LogP contribution < -0.4 is 11.2 Å². The molecule has 0 bridgehead atoms. The molecule has 17 heteroatoms. The monoisotopic (exact) mass is 434 g/mol. The van der Waals surface area contributed by atoms with Crippen molar-refractivity contribution >= 4 is 15.6 Å². The van der Waals surface area contributed by atoms with E-state index in [1.54, 1.807) is 0 Å². The Labute approximate surface area is 149 Å². The minimum Gasteiger partial charge on any atom is -0.390 e. The molecular weight excluding hydrogens is 418 g/mol. The molecule has 1 aliphatic rings. The van der Waals surface area contributed by atoms with Crippen molar-refractivity contribution < 1.29 is 52.6 Å². The van der Waals surface area contributed by atoms with Crippen molar-refractivity contribution in [3.8, 4) is 0 Å². The van der Waals surface area contributed by atoms with Crippen LogP contribution in [0.3, 0.4) is 0 Å². The summed E-state index contributed by atoms with van der Waals surface area (Å²) in [6.45, 7) is 1.42. The van der Waals surface area contributed by atoms with E-state index in [2.05, 4.69) is 13.9 Å². The SMILES string of the molecule is Cc1cn(C2CC(O)C(C(O)OOP(=O)(O)OP(=O)(O)O)O2)c(=O)[nH]c1=O. The topological polar surface area (TPSA) is 227 Å². The van der Waals surface area contributed by atoms with Crippen LogP contribution in [0.15, 0.2) is 15.8 Å². The maximum Gasteiger partial charge on any atom is 0.508 e. The summed E-state index contributed by atoms with van der Waals surface area (Å²) in [5.74, 6) is 0. The minimum atomic E-state index is -5.40. The van der Waals surface area contributed by atoms with E-state index in [9.17, 15) is 28.9 Å². The van der Waals surface area contributed by atoms with Crippen LogP contribution in [0.1, 0.15) is 18.2 Å². The lowest BCUT2D eigenvalue weighted by molar-refractivity contribution is -0.344. The van der Waals surface area contributed by atoms with E-state index in [4.69, 9.17) is 19.4 Å². The molecule has 6 N–H and O–H groups in total. The molecule has 0 aromatic carbocycles. The molecule has 27 heavy (non-hydrogen) atoms. The van der Waals surface area contributed by atoms with Crippen LogP contribution in [-0.4, -0.2) is 52.9 Å². The molecule has 2 rings (SSSR count). The van der Waals surface area contributed by atoms with Gasteiger partial charge in [-0.2, -0.15) is 9.20 Å². The molecule has 0 radical (unpaired) electrons. The summed E-state index contributed by atoms with van der Waals surface area (Å²) in [6.07, 6.45) is -5.41. The fourth-order valence-electron chi connectivity index (χ4n) is 2.21. The van der Waals surface area contributed by atoms with Gasteiger partial charge in [0.25, 0.3) is 5.56 Å². The Kier molecular flexibility index (Phi) is 6.56. The normalized spacial score (nSPS) is 26.7. The maximum atomic E-state index is 11.8. The zero-order valence-electron chi connectivity index (χ0n) is 13.4. The average Bonchev–Trinajstić information content (AvgIpc) is 2.88. The number of aliphatic hydroxyl groups is 2. The highest BCUT2D eigenvalue weighted by Crippen LogP contribution is 2.57. The lowest BCUT2D eigenvalue weighted by atomic mass is 10.2. The number of rotatable bonds is 7. The predicted molar refractivity (Wildman–Crippen MR) is 81.7 cm³/mol. The van der Waals surface area contributed by atoms with Gasteiger partial charge in [0, 0.05) is 18.2 Å². The van der Waals surface area contributed by atoms with Crippen molar-refractivity contribution in [1.82, 2.24) is 9.55 Å². The van der Waals surface area contributed by atoms with E-state index < -0.39 is 51.6 Å². The first-order valence-corrected chi connectivity index (χ1v) is 10.1. The molecule has 1 aliphatic heterocycles. The van der Waals surface area contributed by atoms with E-state index in [-0.39, 0.29) is 12.0 Å². The Morgan fingerprint density at radius 2 is 1.96 bits per heavy atom. The Hall–Kier alpha value is -1.22. The predicted octanol–water partition coefficient (Wildman–Crippen LogP) is -2.03. The molecule has 2 heterocycles. The third kappa shape index (κ3) is 5.88. The van der Waals surface area contributed by atoms with Crippen molar-refractivity contribution in [2.45, 2.75) is 38.1 Å². The zero-order chi connectivity index (χ0) is 20.6. The summed E-state index contributed by atoms with van der Waals surface area (Å²) in [5, 5.41) is 19.7. The molecule has 154 valence electrons. The molecule has 1 aromatic heterocycles. The molecule has 1 fully saturated rings. The van der Waals surface area contributed by atoms with E-state index in [0.29, 0.717) is 0 Å². The second-order valence-electron chi connectivity index (χ2n) is 5.44. The van der Waals surface area contributed by atoms with Gasteiger partial charge >= 0.3 is 21.3 Å². The highest BCUT2D eigenvalue weighted by atomic mass is 31.3. The minimum absolute atomic E-state index is 0.173. The van der Waals surface area contributed by atoms with Gasteiger partial charge in [0.2, 0.25) is 6.29 Å². The van der Waals surface area contributed by atoms with Crippen LogP contribution in [0.5, 0.6) is 0 Å². The molecule has 1 saturated heterocycles. The Morgan fingerprint density at radius 1 is 1.33 bits per heavy atom. The van der Waals surface area contributed by atoms with E-state index >= 15 is 0 Å². The molecule has 5 atom stereocenters. The number of phosphoric acid groups is 2. The number of hydrogen-bond acceptors (Lipinski definition) is 10. The standard InChI is InChI=1S/C10H16N2O13P2/c1-4-3-12(10(16)11-8(4)14)6-2-5(13)7(22-6)9(15)23-24-27(20,21)25-26(17,18)19/h3,5-7,9,13,15H,2H2,1H3,(H,20,21)(H,11,14,16)(H2,17,18,19). The summed E-state index contributed by atoms with van der Waals surface area (Å²) in [7, 11) is -10.8. The van der Waals surface area contributed by atoms with Crippen LogP contribution in [-0.2, 0) is 27.7 Å². The first-order valence-electron chi connectivity index (χ1n) is 7.07. The number of aliphatic hydroxyl groups excluding tert-OH is 2. The number of ether oxygens (including phenoxy) is 1. The smallest absolute Gasteiger partial charge is 0.390 e. The van der Waals surface area contributed by atoms with E-state index in [0.717, 1.165) is 4.57 Å². The lowest BCUT2D eigenvalue weighted by Crippen LogP contribution is -2.37. The molecule has 1 aromatic rings. The first kappa shape index (κ1) is 22.1. The first-order chi connectivity index (χ1) is 12.3. The fraction of sp³-hybridized carbons (Fsp3) is 0.600. The van der Waals surface area contributed by atoms with Crippen molar-refractivity contribution in [1.29, 1.82) is 0 Å². The van der Waals surface area contributed by atoms with Crippen LogP contribution >= 0.6 is 15.6 Å². The molecule has 0 amide bonds. The van der Waals surface area contributed by atoms with Crippen molar-refractivity contribution in [3.63, 3.8) is 0 Å². The molecule has 15 nitrogen and oxygen atoms in total. The summed E-state index contributed by atoms with van der Waals surface area (Å²) in [4.78, 5) is 55.2. The van der Waals surface area contributed by atoms with Gasteiger partial charge in [0.05, 0.1) is 6.10 Å². The average molecular weight is 434 g/mol. The number of H-pyrrole nitrogens is 1. The van der Waals surface area contributed by atoms with Crippen LogP contribution in [0.4, 0.5) is 0 Å². The van der Waals surface area contributed by atoms with Gasteiger partial charge in [-0.25, -0.2) is 13.9 Å². The second-order valence-corrected chi connectivity index (χ2v) is 8.16. The molecule has 5 unspecified atom stereocenters. The van der Waals surface area contributed by atoms with Gasteiger partial charge in [-0.05, 0) is 6.92 Å². The third-order valence-corrected chi connectivity index (χ3v) is 5.27. The highest BCUT2D eigenvalue weighted by molar-refractivity contribution is 7.60. The van der Waals surface area contributed by atoms with Gasteiger partial charge in [0.1, 0.15) is 12.3 Å². The number of nitrogens with zero attached hydrogens (tertiary/aromatic N) is 1. The summed E-state index contributed by atoms with van der Waals surface area (Å²) >= 11 is 0. The quantitative estimate of drug-likeness (QED) is 0.118. The Bertz CT molecular complexity index is 890. The Balaban J connectivity index is 2.05. The van der Waals surface area contributed by atoms with Crippen molar-refractivity contribution in [2.75, 3.05) is 0 Å². The maximum absolute atomic E-state index is 11.8.